The van der Waals surface area contributed by atoms with Gasteiger partial charge in [0, 0.05) is 20.0 Å². The van der Waals surface area contributed by atoms with Gasteiger partial charge >= 0.3 is 0 Å². The zero-order valence-corrected chi connectivity index (χ0v) is 15.0. The highest BCUT2D eigenvalue weighted by molar-refractivity contribution is 5.81. The molecule has 2 heterocycles. The van der Waals surface area contributed by atoms with Crippen molar-refractivity contribution in [1.82, 2.24) is 20.0 Å². The van der Waals surface area contributed by atoms with Crippen LogP contribution in [0.15, 0.2) is 36.4 Å². The quantitative estimate of drug-likeness (QED) is 0.830. The average molecular weight is 355 g/mol. The maximum atomic E-state index is 12.2. The molecule has 3 rings (SSSR count). The number of benzene rings is 1. The van der Waals surface area contributed by atoms with Crippen molar-refractivity contribution in [3.63, 3.8) is 0 Å². The lowest BCUT2D eigenvalue weighted by Crippen LogP contribution is -2.41. The number of rotatable bonds is 5. The van der Waals surface area contributed by atoms with E-state index in [-0.39, 0.29) is 11.8 Å². The van der Waals surface area contributed by atoms with E-state index in [1.54, 1.807) is 6.92 Å². The van der Waals surface area contributed by atoms with Crippen molar-refractivity contribution in [2.75, 3.05) is 6.54 Å². The molecule has 0 saturated carbocycles. The summed E-state index contributed by atoms with van der Waals surface area (Å²) in [6.45, 7) is 4.01. The number of amides is 2. The van der Waals surface area contributed by atoms with Crippen LogP contribution >= 0.6 is 0 Å². The Kier molecular flexibility index (Phi) is 5.68. The van der Waals surface area contributed by atoms with Crippen molar-refractivity contribution in [3.05, 3.63) is 53.3 Å². The largest absolute Gasteiger partial charge is 0.349 e. The van der Waals surface area contributed by atoms with Crippen LogP contribution in [0.25, 0.3) is 0 Å². The van der Waals surface area contributed by atoms with E-state index < -0.39 is 6.04 Å². The summed E-state index contributed by atoms with van der Waals surface area (Å²) < 4.78 is 1.92. The van der Waals surface area contributed by atoms with Gasteiger partial charge in [-0.2, -0.15) is 5.10 Å². The number of carbonyl (C=O) groups is 2. The number of nitrogens with two attached hydrogens (primary N) is 1. The second-order valence-corrected chi connectivity index (χ2v) is 6.66. The van der Waals surface area contributed by atoms with Crippen LogP contribution in [0.4, 0.5) is 0 Å². The van der Waals surface area contributed by atoms with Crippen molar-refractivity contribution < 1.29 is 9.59 Å². The summed E-state index contributed by atoms with van der Waals surface area (Å²) in [5.74, 6) is -0.121. The van der Waals surface area contributed by atoms with Crippen LogP contribution in [0.5, 0.6) is 0 Å². The fourth-order valence-electron chi connectivity index (χ4n) is 3.15. The Morgan fingerprint density at radius 1 is 1.27 bits per heavy atom. The van der Waals surface area contributed by atoms with Gasteiger partial charge in [0.25, 0.3) is 0 Å². The lowest BCUT2D eigenvalue weighted by atomic mass is 10.1. The van der Waals surface area contributed by atoms with Gasteiger partial charge in [-0.3, -0.25) is 14.3 Å². The van der Waals surface area contributed by atoms with Gasteiger partial charge in [-0.1, -0.05) is 30.3 Å². The van der Waals surface area contributed by atoms with Crippen molar-refractivity contribution >= 4 is 11.8 Å². The lowest BCUT2D eigenvalue weighted by Gasteiger charge is -2.17. The van der Waals surface area contributed by atoms with Gasteiger partial charge in [-0.25, -0.2) is 0 Å². The first-order valence-corrected chi connectivity index (χ1v) is 8.91. The highest BCUT2D eigenvalue weighted by atomic mass is 16.2. The van der Waals surface area contributed by atoms with Crippen molar-refractivity contribution in [2.24, 2.45) is 5.73 Å². The van der Waals surface area contributed by atoms with Gasteiger partial charge < -0.3 is 16.0 Å². The standard InChI is InChI=1S/C19H25N5O2/c1-14(25)23-8-5-9-24-17(13-23)11-16(22-24)12-21-19(26)18(20)10-15-6-3-2-4-7-15/h2-4,6-7,11,18H,5,8-10,12-13,20H2,1H3,(H,21,26)/t18-/m0/s1. The topological polar surface area (TPSA) is 93.2 Å². The summed E-state index contributed by atoms with van der Waals surface area (Å²) in [5, 5.41) is 7.40. The lowest BCUT2D eigenvalue weighted by molar-refractivity contribution is -0.129. The summed E-state index contributed by atoms with van der Waals surface area (Å²) in [5.41, 5.74) is 8.82. The first-order valence-electron chi connectivity index (χ1n) is 8.91. The second kappa shape index (κ2) is 8.14. The number of fused-ring (bicyclic) bond motifs is 1. The smallest absolute Gasteiger partial charge is 0.237 e. The molecule has 1 aliphatic rings. The molecular weight excluding hydrogens is 330 g/mol. The van der Waals surface area contributed by atoms with E-state index in [9.17, 15) is 9.59 Å². The average Bonchev–Trinajstić information content (AvgIpc) is 2.90. The molecule has 7 heteroatoms. The molecule has 0 spiro atoms. The third kappa shape index (κ3) is 4.49. The van der Waals surface area contributed by atoms with Crippen molar-refractivity contribution in [3.8, 4) is 0 Å². The predicted molar refractivity (Wildman–Crippen MR) is 97.9 cm³/mol. The third-order valence-corrected chi connectivity index (χ3v) is 4.59. The molecule has 1 atom stereocenters. The minimum atomic E-state index is -0.592. The van der Waals surface area contributed by atoms with Crippen LogP contribution in [-0.2, 0) is 35.6 Å². The third-order valence-electron chi connectivity index (χ3n) is 4.59. The van der Waals surface area contributed by atoms with Crippen LogP contribution in [0.2, 0.25) is 0 Å². The van der Waals surface area contributed by atoms with Crippen LogP contribution in [-0.4, -0.2) is 39.1 Å². The number of nitrogens with zero attached hydrogens (tertiary/aromatic N) is 3. The van der Waals surface area contributed by atoms with E-state index in [1.807, 2.05) is 46.0 Å². The van der Waals surface area contributed by atoms with Crippen molar-refractivity contribution in [1.29, 1.82) is 0 Å². The summed E-state index contributed by atoms with van der Waals surface area (Å²) in [6, 6.07) is 11.1. The highest BCUT2D eigenvalue weighted by Gasteiger charge is 2.19. The molecule has 2 amide bonds. The molecule has 0 radical (unpaired) electrons. The monoisotopic (exact) mass is 355 g/mol. The minimum absolute atomic E-state index is 0.0707. The van der Waals surface area contributed by atoms with Gasteiger partial charge in [0.05, 0.1) is 30.5 Å². The van der Waals surface area contributed by atoms with Gasteiger partial charge in [-0.05, 0) is 24.5 Å². The number of hydrogen-bond acceptors (Lipinski definition) is 4. The molecule has 1 aromatic carbocycles. The van der Waals surface area contributed by atoms with Crippen LogP contribution in [0.3, 0.4) is 0 Å². The maximum Gasteiger partial charge on any atom is 0.237 e. The molecule has 26 heavy (non-hydrogen) atoms. The van der Waals surface area contributed by atoms with Crippen LogP contribution in [0, 0.1) is 0 Å². The Morgan fingerprint density at radius 2 is 2.04 bits per heavy atom. The number of nitrogens with one attached hydrogen (secondary N) is 1. The minimum Gasteiger partial charge on any atom is -0.349 e. The van der Waals surface area contributed by atoms with E-state index in [1.165, 1.54) is 0 Å². The first kappa shape index (κ1) is 18.1. The molecule has 0 bridgehead atoms. The first-order chi connectivity index (χ1) is 12.5. The predicted octanol–water partition coefficient (Wildman–Crippen LogP) is 0.822. The Balaban J connectivity index is 1.56. The summed E-state index contributed by atoms with van der Waals surface area (Å²) >= 11 is 0. The van der Waals surface area contributed by atoms with E-state index in [0.717, 1.165) is 36.5 Å². The van der Waals surface area contributed by atoms with Gasteiger partial charge in [0.2, 0.25) is 11.8 Å². The van der Waals surface area contributed by atoms with E-state index in [0.29, 0.717) is 19.5 Å². The van der Waals surface area contributed by atoms with E-state index >= 15 is 0 Å². The Labute approximate surface area is 153 Å². The molecule has 1 aromatic heterocycles. The molecule has 2 aromatic rings. The van der Waals surface area contributed by atoms with E-state index in [4.69, 9.17) is 5.73 Å². The maximum absolute atomic E-state index is 12.2. The normalized spacial score (nSPS) is 15.1. The fraction of sp³-hybridized carbons (Fsp3) is 0.421. The second-order valence-electron chi connectivity index (χ2n) is 6.66. The zero-order valence-electron chi connectivity index (χ0n) is 15.0. The molecule has 0 saturated heterocycles. The fourth-order valence-corrected chi connectivity index (χ4v) is 3.15. The molecule has 1 aliphatic heterocycles. The molecule has 0 aliphatic carbocycles. The molecule has 0 fully saturated rings. The Hall–Kier alpha value is -2.67. The number of aryl methyl sites for hydroxylation is 1. The Bertz CT molecular complexity index is 771. The van der Waals surface area contributed by atoms with Gasteiger partial charge in [-0.15, -0.1) is 0 Å². The van der Waals surface area contributed by atoms with Gasteiger partial charge in [0.15, 0.2) is 0 Å². The SMILES string of the molecule is CC(=O)N1CCCn2nc(CNC(=O)[C@@H](N)Cc3ccccc3)cc2C1. The van der Waals surface area contributed by atoms with Gasteiger partial charge in [0.1, 0.15) is 0 Å². The molecule has 138 valence electrons. The molecular formula is C19H25N5O2. The zero-order chi connectivity index (χ0) is 18.5. The van der Waals surface area contributed by atoms with Crippen LogP contribution < -0.4 is 11.1 Å². The summed E-state index contributed by atoms with van der Waals surface area (Å²) in [4.78, 5) is 25.7. The number of aromatic nitrogens is 2. The van der Waals surface area contributed by atoms with E-state index in [2.05, 4.69) is 10.4 Å². The van der Waals surface area contributed by atoms with Crippen molar-refractivity contribution in [2.45, 2.75) is 45.4 Å². The number of hydrogen-bond donors (Lipinski definition) is 2. The molecule has 0 unspecified atom stereocenters. The summed E-state index contributed by atoms with van der Waals surface area (Å²) in [7, 11) is 0. The number of carbonyl (C=O) groups excluding carboxylic acids is 2. The molecule has 3 N–H and O–H groups in total. The van der Waals surface area contributed by atoms with Crippen LogP contribution in [0.1, 0.15) is 30.3 Å². The summed E-state index contributed by atoms with van der Waals surface area (Å²) in [6.07, 6.45) is 1.38. The highest BCUT2D eigenvalue weighted by Crippen LogP contribution is 2.14. The molecule has 7 nitrogen and oxygen atoms in total. The Morgan fingerprint density at radius 3 is 2.77 bits per heavy atom.